The summed E-state index contributed by atoms with van der Waals surface area (Å²) in [5.41, 5.74) is 8.02. The summed E-state index contributed by atoms with van der Waals surface area (Å²) in [7, 11) is 0. The summed E-state index contributed by atoms with van der Waals surface area (Å²) in [5.74, 6) is 0. The quantitative estimate of drug-likeness (QED) is 0.210. The zero-order valence-electron chi connectivity index (χ0n) is 20.9. The first-order valence-corrected chi connectivity index (χ1v) is 14.2. The number of rotatable bonds is 6. The molecule has 7 nitrogen and oxygen atoms in total. The Kier molecular flexibility index (Phi) is 6.41. The lowest BCUT2D eigenvalue weighted by molar-refractivity contribution is 1.21. The summed E-state index contributed by atoms with van der Waals surface area (Å²) >= 11 is 3.10. The van der Waals surface area contributed by atoms with Gasteiger partial charge in [0.1, 0.15) is 21.4 Å². The van der Waals surface area contributed by atoms with Crippen molar-refractivity contribution in [3.8, 4) is 67.0 Å². The van der Waals surface area contributed by atoms with Crippen molar-refractivity contribution in [1.82, 2.24) is 34.9 Å². The van der Waals surface area contributed by atoms with E-state index in [2.05, 4.69) is 9.97 Å². The van der Waals surface area contributed by atoms with E-state index in [0.717, 1.165) is 67.0 Å². The van der Waals surface area contributed by atoms with E-state index in [1.807, 2.05) is 102 Å². The highest BCUT2D eigenvalue weighted by atomic mass is 32.1. The monoisotopic (exact) mass is 553 g/mol. The van der Waals surface area contributed by atoms with Gasteiger partial charge in [0.05, 0.1) is 45.6 Å². The summed E-state index contributed by atoms with van der Waals surface area (Å²) in [4.78, 5) is 33.0. The van der Waals surface area contributed by atoms with Crippen molar-refractivity contribution < 1.29 is 0 Å². The molecule has 190 valence electrons. The molecule has 0 atom stereocenters. The molecule has 0 aliphatic carbocycles. The van der Waals surface area contributed by atoms with Crippen LogP contribution in [0.1, 0.15) is 0 Å². The standard InChI is InChI=1S/C31H19N7S2/c1-3-16-32-20(8-1)28-18-39-30(37-28)26-14-6-12-24(35-26)22-10-5-11-23(34-22)25-13-7-15-27(36-25)31-38-29(19-40-31)21-9-2-4-17-33-21/h1-19H. The summed E-state index contributed by atoms with van der Waals surface area (Å²) in [6.45, 7) is 0. The van der Waals surface area contributed by atoms with E-state index in [9.17, 15) is 0 Å². The fourth-order valence-electron chi connectivity index (χ4n) is 4.16. The van der Waals surface area contributed by atoms with Gasteiger partial charge in [0.25, 0.3) is 0 Å². The van der Waals surface area contributed by atoms with Gasteiger partial charge >= 0.3 is 0 Å². The molecule has 7 aromatic heterocycles. The van der Waals surface area contributed by atoms with E-state index in [1.165, 1.54) is 0 Å². The second-order valence-electron chi connectivity index (χ2n) is 8.73. The van der Waals surface area contributed by atoms with Crippen LogP contribution in [0, 0.1) is 0 Å². The Morgan fingerprint density at radius 1 is 0.325 bits per heavy atom. The Hall–Kier alpha value is -4.99. The van der Waals surface area contributed by atoms with E-state index in [1.54, 1.807) is 35.1 Å². The van der Waals surface area contributed by atoms with Gasteiger partial charge in [-0.05, 0) is 60.7 Å². The zero-order chi connectivity index (χ0) is 26.7. The van der Waals surface area contributed by atoms with Crippen LogP contribution in [0.25, 0.3) is 67.0 Å². The molecular weight excluding hydrogens is 535 g/mol. The van der Waals surface area contributed by atoms with E-state index in [0.29, 0.717) is 0 Å². The predicted molar refractivity (Wildman–Crippen MR) is 159 cm³/mol. The molecule has 7 heterocycles. The van der Waals surface area contributed by atoms with Crippen molar-refractivity contribution in [3.05, 3.63) is 114 Å². The maximum Gasteiger partial charge on any atom is 0.142 e. The number of aromatic nitrogens is 7. The first-order valence-electron chi connectivity index (χ1n) is 12.5. The second-order valence-corrected chi connectivity index (χ2v) is 10.4. The van der Waals surface area contributed by atoms with Gasteiger partial charge in [0, 0.05) is 23.2 Å². The van der Waals surface area contributed by atoms with Gasteiger partial charge in [0.15, 0.2) is 0 Å². The highest BCUT2D eigenvalue weighted by molar-refractivity contribution is 7.13. The summed E-state index contributed by atoms with van der Waals surface area (Å²) in [6.07, 6.45) is 3.54. The Morgan fingerprint density at radius 2 is 0.700 bits per heavy atom. The molecule has 7 aromatic rings. The Bertz CT molecular complexity index is 1780. The zero-order valence-corrected chi connectivity index (χ0v) is 22.5. The van der Waals surface area contributed by atoms with Gasteiger partial charge in [-0.3, -0.25) is 9.97 Å². The lowest BCUT2D eigenvalue weighted by atomic mass is 10.2. The maximum absolute atomic E-state index is 4.91. The van der Waals surface area contributed by atoms with Gasteiger partial charge in [-0.1, -0.05) is 30.3 Å². The molecule has 0 radical (unpaired) electrons. The molecule has 0 bridgehead atoms. The van der Waals surface area contributed by atoms with Crippen LogP contribution in [0.15, 0.2) is 114 Å². The van der Waals surface area contributed by atoms with E-state index < -0.39 is 0 Å². The first-order chi connectivity index (χ1) is 19.8. The van der Waals surface area contributed by atoms with Crippen molar-refractivity contribution >= 4 is 22.7 Å². The predicted octanol–water partition coefficient (Wildman–Crippen LogP) is 7.58. The van der Waals surface area contributed by atoms with Crippen LogP contribution >= 0.6 is 22.7 Å². The van der Waals surface area contributed by atoms with Crippen molar-refractivity contribution in [1.29, 1.82) is 0 Å². The largest absolute Gasteiger partial charge is 0.255 e. The third kappa shape index (κ3) is 4.91. The Labute approximate surface area is 238 Å². The normalized spacial score (nSPS) is 11.0. The highest BCUT2D eigenvalue weighted by Gasteiger charge is 2.13. The van der Waals surface area contributed by atoms with E-state index >= 15 is 0 Å². The van der Waals surface area contributed by atoms with Gasteiger partial charge in [-0.15, -0.1) is 22.7 Å². The molecule has 0 unspecified atom stereocenters. The molecule has 0 N–H and O–H groups in total. The lowest BCUT2D eigenvalue weighted by Crippen LogP contribution is -1.94. The minimum atomic E-state index is 0.764. The molecule has 0 saturated heterocycles. The molecule has 7 rings (SSSR count). The third-order valence-electron chi connectivity index (χ3n) is 6.07. The molecule has 0 spiro atoms. The molecule has 0 aromatic carbocycles. The molecule has 0 fully saturated rings. The number of pyridine rings is 5. The van der Waals surface area contributed by atoms with Crippen LogP contribution in [-0.2, 0) is 0 Å². The SMILES string of the molecule is c1ccc(-c2csc(-c3cccc(-c4cccc(-c5cccc(-c6nc(-c7ccccn7)cs6)n5)n4)n3)n2)nc1. The van der Waals surface area contributed by atoms with Gasteiger partial charge in [-0.2, -0.15) is 0 Å². The average molecular weight is 554 g/mol. The highest BCUT2D eigenvalue weighted by Crippen LogP contribution is 2.30. The van der Waals surface area contributed by atoms with Crippen LogP contribution in [0.4, 0.5) is 0 Å². The number of nitrogens with zero attached hydrogens (tertiary/aromatic N) is 7. The molecule has 9 heteroatoms. The van der Waals surface area contributed by atoms with Crippen LogP contribution < -0.4 is 0 Å². The number of thiazole rings is 2. The van der Waals surface area contributed by atoms with Crippen molar-refractivity contribution in [3.63, 3.8) is 0 Å². The molecule has 0 aliphatic heterocycles. The number of hydrogen-bond acceptors (Lipinski definition) is 9. The van der Waals surface area contributed by atoms with Crippen LogP contribution in [-0.4, -0.2) is 34.9 Å². The fourth-order valence-corrected chi connectivity index (χ4v) is 5.72. The van der Waals surface area contributed by atoms with Gasteiger partial charge in [-0.25, -0.2) is 24.9 Å². The Balaban J connectivity index is 1.17. The van der Waals surface area contributed by atoms with Gasteiger partial charge in [0.2, 0.25) is 0 Å². The van der Waals surface area contributed by atoms with E-state index in [-0.39, 0.29) is 0 Å². The molecule has 40 heavy (non-hydrogen) atoms. The van der Waals surface area contributed by atoms with Crippen molar-refractivity contribution in [2.75, 3.05) is 0 Å². The van der Waals surface area contributed by atoms with E-state index in [4.69, 9.17) is 24.9 Å². The fraction of sp³-hybridized carbons (Fsp3) is 0. The first kappa shape index (κ1) is 24.1. The van der Waals surface area contributed by atoms with Crippen LogP contribution in [0.2, 0.25) is 0 Å². The Morgan fingerprint density at radius 3 is 1.10 bits per heavy atom. The smallest absolute Gasteiger partial charge is 0.142 e. The molecular formula is C31H19N7S2. The second kappa shape index (κ2) is 10.6. The minimum absolute atomic E-state index is 0.764. The minimum Gasteiger partial charge on any atom is -0.255 e. The van der Waals surface area contributed by atoms with Gasteiger partial charge < -0.3 is 0 Å². The summed E-state index contributed by atoms with van der Waals surface area (Å²) in [5, 5.41) is 5.68. The lowest BCUT2D eigenvalue weighted by Gasteiger charge is -2.06. The summed E-state index contributed by atoms with van der Waals surface area (Å²) in [6, 6.07) is 29.3. The topological polar surface area (TPSA) is 90.2 Å². The van der Waals surface area contributed by atoms with Crippen molar-refractivity contribution in [2.24, 2.45) is 0 Å². The van der Waals surface area contributed by atoms with Crippen molar-refractivity contribution in [2.45, 2.75) is 0 Å². The molecule has 0 saturated carbocycles. The third-order valence-corrected chi connectivity index (χ3v) is 7.80. The maximum atomic E-state index is 4.91. The number of hydrogen-bond donors (Lipinski definition) is 0. The molecule has 0 amide bonds. The van der Waals surface area contributed by atoms with Crippen LogP contribution in [0.3, 0.4) is 0 Å². The van der Waals surface area contributed by atoms with Crippen LogP contribution in [0.5, 0.6) is 0 Å². The summed E-state index contributed by atoms with van der Waals surface area (Å²) < 4.78 is 0. The molecule has 0 aliphatic rings. The average Bonchev–Trinajstić information content (AvgIpc) is 3.74.